The fourth-order valence-electron chi connectivity index (χ4n) is 3.66. The molecule has 1 aromatic rings. The van der Waals surface area contributed by atoms with Crippen LogP contribution in [0.15, 0.2) is 29.4 Å². The topological polar surface area (TPSA) is 91.4 Å². The highest BCUT2D eigenvalue weighted by Gasteiger charge is 2.33. The fourth-order valence-corrected chi connectivity index (χ4v) is 5.09. The minimum absolute atomic E-state index is 0.0585. The lowest BCUT2D eigenvalue weighted by Crippen LogP contribution is -2.46. The van der Waals surface area contributed by atoms with Crippen molar-refractivity contribution >= 4 is 15.9 Å². The van der Waals surface area contributed by atoms with Crippen molar-refractivity contribution in [3.63, 3.8) is 0 Å². The number of rotatable bonds is 5. The molecule has 144 valence electrons. The van der Waals surface area contributed by atoms with Crippen LogP contribution in [0.5, 0.6) is 0 Å². The first-order valence-corrected chi connectivity index (χ1v) is 10.7. The first-order chi connectivity index (χ1) is 12.4. The molecular weight excluding hydrogens is 352 g/mol. The maximum absolute atomic E-state index is 12.6. The molecule has 1 aromatic heterocycles. The first kappa shape index (κ1) is 19.3. The average Bonchev–Trinajstić information content (AvgIpc) is 2.67. The Hall–Kier alpha value is -1.51. The van der Waals surface area contributed by atoms with Crippen molar-refractivity contribution in [1.82, 2.24) is 19.9 Å². The van der Waals surface area contributed by atoms with Gasteiger partial charge in [0.25, 0.3) is 0 Å². The number of nitrogens with one attached hydrogen (secondary N) is 2. The summed E-state index contributed by atoms with van der Waals surface area (Å²) in [6, 6.07) is 3.18. The van der Waals surface area contributed by atoms with Gasteiger partial charge in [-0.15, -0.1) is 0 Å². The van der Waals surface area contributed by atoms with E-state index in [2.05, 4.69) is 22.5 Å². The molecule has 1 amide bonds. The molecule has 2 aliphatic heterocycles. The number of piperidine rings is 2. The van der Waals surface area contributed by atoms with Crippen LogP contribution in [-0.4, -0.2) is 56.3 Å². The third-order valence-corrected chi connectivity index (χ3v) is 7.48. The Morgan fingerprint density at radius 3 is 2.65 bits per heavy atom. The molecule has 3 heterocycles. The number of pyridine rings is 1. The molecule has 2 N–H and O–H groups in total. The molecule has 0 atom stereocenters. The molecule has 0 radical (unpaired) electrons. The Balaban J connectivity index is 1.51. The molecule has 0 aromatic carbocycles. The van der Waals surface area contributed by atoms with E-state index in [1.807, 2.05) is 0 Å². The van der Waals surface area contributed by atoms with Gasteiger partial charge in [-0.05, 0) is 56.3 Å². The third kappa shape index (κ3) is 4.42. The van der Waals surface area contributed by atoms with Gasteiger partial charge < -0.3 is 10.6 Å². The van der Waals surface area contributed by atoms with Gasteiger partial charge >= 0.3 is 0 Å². The van der Waals surface area contributed by atoms with Crippen LogP contribution in [0.25, 0.3) is 0 Å². The summed E-state index contributed by atoms with van der Waals surface area (Å²) >= 11 is 0. The molecule has 0 aliphatic carbocycles. The van der Waals surface area contributed by atoms with Crippen LogP contribution in [0.1, 0.15) is 32.6 Å². The smallest absolute Gasteiger partial charge is 0.244 e. The molecule has 2 aliphatic rings. The van der Waals surface area contributed by atoms with E-state index in [1.54, 1.807) is 18.3 Å². The Labute approximate surface area is 155 Å². The molecule has 8 heteroatoms. The van der Waals surface area contributed by atoms with Crippen molar-refractivity contribution in [3.05, 3.63) is 24.5 Å². The lowest BCUT2D eigenvalue weighted by atomic mass is 9.81. The quantitative estimate of drug-likeness (QED) is 0.795. The van der Waals surface area contributed by atoms with Gasteiger partial charge in [0, 0.05) is 37.9 Å². The zero-order chi connectivity index (χ0) is 18.6. The number of hydrogen-bond acceptors (Lipinski definition) is 5. The van der Waals surface area contributed by atoms with Crippen LogP contribution in [-0.2, 0) is 14.8 Å². The van der Waals surface area contributed by atoms with Crippen LogP contribution in [0, 0.1) is 11.3 Å². The van der Waals surface area contributed by atoms with E-state index < -0.39 is 10.0 Å². The number of hydrogen-bond donors (Lipinski definition) is 2. The van der Waals surface area contributed by atoms with E-state index in [4.69, 9.17) is 0 Å². The lowest BCUT2D eigenvalue weighted by molar-refractivity contribution is -0.126. The Morgan fingerprint density at radius 2 is 2.04 bits per heavy atom. The number of sulfonamides is 1. The van der Waals surface area contributed by atoms with Gasteiger partial charge in [-0.1, -0.05) is 6.92 Å². The van der Waals surface area contributed by atoms with E-state index in [0.717, 1.165) is 25.9 Å². The molecule has 2 saturated heterocycles. The summed E-state index contributed by atoms with van der Waals surface area (Å²) in [4.78, 5) is 16.6. The summed E-state index contributed by atoms with van der Waals surface area (Å²) in [6.45, 7) is 5.65. The van der Waals surface area contributed by atoms with E-state index in [9.17, 15) is 13.2 Å². The highest BCUT2D eigenvalue weighted by molar-refractivity contribution is 7.89. The molecule has 2 fully saturated rings. The van der Waals surface area contributed by atoms with E-state index >= 15 is 0 Å². The molecule has 3 rings (SSSR count). The van der Waals surface area contributed by atoms with Crippen molar-refractivity contribution < 1.29 is 13.2 Å². The van der Waals surface area contributed by atoms with Crippen molar-refractivity contribution in [2.24, 2.45) is 11.3 Å². The van der Waals surface area contributed by atoms with Gasteiger partial charge in [0.2, 0.25) is 15.9 Å². The van der Waals surface area contributed by atoms with Crippen molar-refractivity contribution in [2.75, 3.05) is 32.7 Å². The Bertz CT molecular complexity index is 709. The average molecular weight is 381 g/mol. The second-order valence-electron chi connectivity index (χ2n) is 7.65. The van der Waals surface area contributed by atoms with Crippen molar-refractivity contribution in [2.45, 2.75) is 37.5 Å². The van der Waals surface area contributed by atoms with E-state index in [-0.39, 0.29) is 22.1 Å². The molecule has 0 unspecified atom stereocenters. The van der Waals surface area contributed by atoms with Gasteiger partial charge in [-0.2, -0.15) is 4.31 Å². The fraction of sp³-hybridized carbons (Fsp3) is 0.667. The van der Waals surface area contributed by atoms with Crippen LogP contribution < -0.4 is 10.6 Å². The largest absolute Gasteiger partial charge is 0.355 e. The van der Waals surface area contributed by atoms with Gasteiger partial charge in [0.1, 0.15) is 4.90 Å². The number of aromatic nitrogens is 1. The molecule has 0 saturated carbocycles. The van der Waals surface area contributed by atoms with Crippen molar-refractivity contribution in [1.29, 1.82) is 0 Å². The van der Waals surface area contributed by atoms with Crippen LogP contribution in [0.4, 0.5) is 0 Å². The second kappa shape index (κ2) is 8.02. The number of carbonyl (C=O) groups is 1. The molecule has 7 nitrogen and oxygen atoms in total. The zero-order valence-electron chi connectivity index (χ0n) is 15.3. The highest BCUT2D eigenvalue weighted by atomic mass is 32.2. The van der Waals surface area contributed by atoms with Gasteiger partial charge in [0.15, 0.2) is 0 Å². The number of amides is 1. The molecule has 0 spiro atoms. The standard InChI is InChI=1S/C18H28N4O3S/c1-18(6-9-19-10-7-18)14-21-17(23)15-4-11-22(12-5-15)26(24,25)16-3-2-8-20-13-16/h2-3,8,13,15,19H,4-7,9-12,14H2,1H3,(H,21,23). The summed E-state index contributed by atoms with van der Waals surface area (Å²) in [7, 11) is -3.52. The third-order valence-electron chi connectivity index (χ3n) is 5.60. The van der Waals surface area contributed by atoms with E-state index in [0.29, 0.717) is 32.5 Å². The number of carbonyl (C=O) groups excluding carboxylic acids is 1. The molecule has 26 heavy (non-hydrogen) atoms. The van der Waals surface area contributed by atoms with Crippen molar-refractivity contribution in [3.8, 4) is 0 Å². The summed E-state index contributed by atoms with van der Waals surface area (Å²) < 4.78 is 26.7. The minimum atomic E-state index is -3.52. The Kier molecular flexibility index (Phi) is 5.94. The predicted octanol–water partition coefficient (Wildman–Crippen LogP) is 0.988. The van der Waals surface area contributed by atoms with Gasteiger partial charge in [0.05, 0.1) is 0 Å². The van der Waals surface area contributed by atoms with Crippen LogP contribution >= 0.6 is 0 Å². The monoisotopic (exact) mass is 380 g/mol. The van der Waals surface area contributed by atoms with Crippen LogP contribution in [0.3, 0.4) is 0 Å². The predicted molar refractivity (Wildman–Crippen MR) is 98.9 cm³/mol. The summed E-state index contributed by atoms with van der Waals surface area (Å²) in [5, 5.41) is 6.45. The van der Waals surface area contributed by atoms with Gasteiger partial charge in [-0.3, -0.25) is 9.78 Å². The molecule has 0 bridgehead atoms. The summed E-state index contributed by atoms with van der Waals surface area (Å²) in [5.41, 5.74) is 0.158. The number of nitrogens with zero attached hydrogens (tertiary/aromatic N) is 2. The second-order valence-corrected chi connectivity index (χ2v) is 9.58. The lowest BCUT2D eigenvalue weighted by Gasteiger charge is -2.35. The maximum Gasteiger partial charge on any atom is 0.244 e. The zero-order valence-corrected chi connectivity index (χ0v) is 16.1. The SMILES string of the molecule is CC1(CNC(=O)C2CCN(S(=O)(=O)c3cccnc3)CC2)CCNCC1. The molecular formula is C18H28N4O3S. The van der Waals surface area contributed by atoms with Crippen LogP contribution in [0.2, 0.25) is 0 Å². The van der Waals surface area contributed by atoms with Gasteiger partial charge in [-0.25, -0.2) is 8.42 Å². The maximum atomic E-state index is 12.6. The highest BCUT2D eigenvalue weighted by Crippen LogP contribution is 2.28. The normalized spacial score (nSPS) is 22.0. The van der Waals surface area contributed by atoms with E-state index in [1.165, 1.54) is 10.5 Å². The summed E-state index contributed by atoms with van der Waals surface area (Å²) in [6.07, 6.45) is 6.17. The minimum Gasteiger partial charge on any atom is -0.355 e. The summed E-state index contributed by atoms with van der Waals surface area (Å²) in [5.74, 6) is -0.0520. The first-order valence-electron chi connectivity index (χ1n) is 9.29. The Morgan fingerprint density at radius 1 is 1.35 bits per heavy atom.